The standard InChI is InChI=1S/C24H34N4O2S/c1-5-27(6-2)23(30)19-11-10-12-20(15-19)26-22(29)16-31-24-25-17(3)18(4)28(24)21-13-8-7-9-14-21/h10-12,15,21H,5-9,13-14,16H2,1-4H3,(H,26,29). The zero-order chi connectivity index (χ0) is 22.4. The molecule has 31 heavy (non-hydrogen) atoms. The van der Waals surface area contributed by atoms with E-state index in [1.165, 1.54) is 49.6 Å². The Morgan fingerprint density at radius 2 is 1.87 bits per heavy atom. The summed E-state index contributed by atoms with van der Waals surface area (Å²) in [5.41, 5.74) is 3.48. The van der Waals surface area contributed by atoms with Crippen LogP contribution in [0.15, 0.2) is 29.4 Å². The van der Waals surface area contributed by atoms with Crippen molar-refractivity contribution >= 4 is 29.3 Å². The van der Waals surface area contributed by atoms with Crippen molar-refractivity contribution in [3.8, 4) is 0 Å². The van der Waals surface area contributed by atoms with E-state index < -0.39 is 0 Å². The third-order valence-electron chi connectivity index (χ3n) is 6.07. The van der Waals surface area contributed by atoms with Crippen molar-refractivity contribution in [3.05, 3.63) is 41.2 Å². The van der Waals surface area contributed by atoms with Crippen LogP contribution in [0.25, 0.3) is 0 Å². The molecule has 0 aliphatic heterocycles. The molecule has 1 saturated carbocycles. The Hall–Kier alpha value is -2.28. The van der Waals surface area contributed by atoms with Gasteiger partial charge in [0, 0.05) is 36.1 Å². The van der Waals surface area contributed by atoms with E-state index in [1.54, 1.807) is 17.0 Å². The second kappa shape index (κ2) is 10.8. The minimum atomic E-state index is -0.0917. The van der Waals surface area contributed by atoms with Crippen molar-refractivity contribution in [1.29, 1.82) is 0 Å². The largest absolute Gasteiger partial charge is 0.339 e. The number of imidazole rings is 1. The van der Waals surface area contributed by atoms with E-state index in [0.717, 1.165) is 10.9 Å². The third kappa shape index (κ3) is 5.70. The van der Waals surface area contributed by atoms with Crippen LogP contribution in [0.5, 0.6) is 0 Å². The number of rotatable bonds is 8. The first-order valence-corrected chi connectivity index (χ1v) is 12.3. The maximum absolute atomic E-state index is 12.6. The molecule has 168 valence electrons. The lowest BCUT2D eigenvalue weighted by Gasteiger charge is -2.26. The number of nitrogens with zero attached hydrogens (tertiary/aromatic N) is 3. The summed E-state index contributed by atoms with van der Waals surface area (Å²) in [5, 5.41) is 3.87. The molecule has 1 fully saturated rings. The molecule has 0 radical (unpaired) electrons. The molecule has 0 saturated heterocycles. The van der Waals surface area contributed by atoms with Crippen molar-refractivity contribution < 1.29 is 9.59 Å². The zero-order valence-corrected chi connectivity index (χ0v) is 19.9. The van der Waals surface area contributed by atoms with Crippen LogP contribution in [0, 0.1) is 13.8 Å². The van der Waals surface area contributed by atoms with Crippen molar-refractivity contribution in [2.75, 3.05) is 24.2 Å². The molecule has 0 unspecified atom stereocenters. The fourth-order valence-corrected chi connectivity index (χ4v) is 5.18. The smallest absolute Gasteiger partial charge is 0.253 e. The SMILES string of the molecule is CCN(CC)C(=O)c1cccc(NC(=O)CSc2nc(C)c(C)n2C2CCCCC2)c1. The third-order valence-corrected chi connectivity index (χ3v) is 7.02. The Balaban J connectivity index is 1.64. The number of hydrogen-bond acceptors (Lipinski definition) is 4. The van der Waals surface area contributed by atoms with E-state index in [1.807, 2.05) is 32.9 Å². The van der Waals surface area contributed by atoms with Crippen LogP contribution in [0.4, 0.5) is 5.69 Å². The first-order valence-electron chi connectivity index (χ1n) is 11.3. The summed E-state index contributed by atoms with van der Waals surface area (Å²) < 4.78 is 2.34. The molecule has 2 aromatic rings. The number of anilines is 1. The van der Waals surface area contributed by atoms with Crippen LogP contribution in [0.3, 0.4) is 0 Å². The summed E-state index contributed by atoms with van der Waals surface area (Å²) in [6.45, 7) is 9.41. The Kier molecular flexibility index (Phi) is 8.18. The molecule has 1 aromatic heterocycles. The number of hydrogen-bond donors (Lipinski definition) is 1. The highest BCUT2D eigenvalue weighted by Crippen LogP contribution is 2.34. The van der Waals surface area contributed by atoms with Gasteiger partial charge in [-0.3, -0.25) is 9.59 Å². The van der Waals surface area contributed by atoms with Gasteiger partial charge in [0.2, 0.25) is 5.91 Å². The summed E-state index contributed by atoms with van der Waals surface area (Å²) in [7, 11) is 0. The number of carbonyl (C=O) groups is 2. The van der Waals surface area contributed by atoms with Crippen LogP contribution in [0.2, 0.25) is 0 Å². The minimum absolute atomic E-state index is 0.0177. The second-order valence-corrected chi connectivity index (χ2v) is 9.06. The van der Waals surface area contributed by atoms with Crippen LogP contribution in [-0.4, -0.2) is 45.1 Å². The topological polar surface area (TPSA) is 67.2 Å². The predicted molar refractivity (Wildman–Crippen MR) is 127 cm³/mol. The molecule has 1 heterocycles. The van der Waals surface area contributed by atoms with Crippen LogP contribution in [-0.2, 0) is 4.79 Å². The quantitative estimate of drug-likeness (QED) is 0.569. The average molecular weight is 443 g/mol. The number of carbonyl (C=O) groups excluding carboxylic acids is 2. The number of amides is 2. The lowest BCUT2D eigenvalue weighted by atomic mass is 9.95. The predicted octanol–water partition coefficient (Wildman–Crippen LogP) is 5.22. The fraction of sp³-hybridized carbons (Fsp3) is 0.542. The molecule has 1 aliphatic rings. The molecule has 0 atom stereocenters. The summed E-state index contributed by atoms with van der Waals surface area (Å²) >= 11 is 1.49. The molecule has 1 aliphatic carbocycles. The van der Waals surface area contributed by atoms with E-state index in [2.05, 4.69) is 16.8 Å². The number of thioether (sulfide) groups is 1. The minimum Gasteiger partial charge on any atom is -0.339 e. The summed E-state index contributed by atoms with van der Waals surface area (Å²) in [4.78, 5) is 31.7. The van der Waals surface area contributed by atoms with Crippen LogP contribution in [0.1, 0.15) is 73.7 Å². The number of nitrogens with one attached hydrogen (secondary N) is 1. The van der Waals surface area contributed by atoms with Gasteiger partial charge >= 0.3 is 0 Å². The molecular weight excluding hydrogens is 408 g/mol. The molecular formula is C24H34N4O2S. The molecule has 1 aromatic carbocycles. The fourth-order valence-electron chi connectivity index (χ4n) is 4.22. The Bertz CT molecular complexity index is 914. The summed E-state index contributed by atoms with van der Waals surface area (Å²) in [6, 6.07) is 7.65. The molecule has 0 spiro atoms. The molecule has 3 rings (SSSR count). The lowest BCUT2D eigenvalue weighted by Crippen LogP contribution is -2.30. The highest BCUT2D eigenvalue weighted by Gasteiger charge is 2.22. The maximum Gasteiger partial charge on any atom is 0.253 e. The maximum atomic E-state index is 12.6. The normalized spacial score (nSPS) is 14.5. The van der Waals surface area contributed by atoms with Gasteiger partial charge in [-0.15, -0.1) is 0 Å². The van der Waals surface area contributed by atoms with Crippen molar-refractivity contribution in [3.63, 3.8) is 0 Å². The van der Waals surface area contributed by atoms with Gasteiger partial charge in [0.25, 0.3) is 5.91 Å². The Morgan fingerprint density at radius 1 is 1.16 bits per heavy atom. The lowest BCUT2D eigenvalue weighted by molar-refractivity contribution is -0.113. The second-order valence-electron chi connectivity index (χ2n) is 8.12. The van der Waals surface area contributed by atoms with Gasteiger partial charge < -0.3 is 14.8 Å². The summed E-state index contributed by atoms with van der Waals surface area (Å²) in [5.74, 6) is 0.179. The van der Waals surface area contributed by atoms with E-state index >= 15 is 0 Å². The van der Waals surface area contributed by atoms with Crippen molar-refractivity contribution in [1.82, 2.24) is 14.5 Å². The van der Waals surface area contributed by atoms with E-state index in [4.69, 9.17) is 4.98 Å². The van der Waals surface area contributed by atoms with Crippen LogP contribution >= 0.6 is 11.8 Å². The van der Waals surface area contributed by atoms with E-state index in [9.17, 15) is 9.59 Å². The van der Waals surface area contributed by atoms with E-state index in [0.29, 0.717) is 30.4 Å². The first kappa shape index (κ1) is 23.4. The molecule has 6 nitrogen and oxygen atoms in total. The highest BCUT2D eigenvalue weighted by molar-refractivity contribution is 7.99. The molecule has 0 bridgehead atoms. The zero-order valence-electron chi connectivity index (χ0n) is 19.1. The first-order chi connectivity index (χ1) is 14.9. The van der Waals surface area contributed by atoms with Crippen molar-refractivity contribution in [2.24, 2.45) is 0 Å². The Morgan fingerprint density at radius 3 is 2.55 bits per heavy atom. The Labute approximate surface area is 189 Å². The number of benzene rings is 1. The highest BCUT2D eigenvalue weighted by atomic mass is 32.2. The van der Waals surface area contributed by atoms with Gasteiger partial charge in [-0.25, -0.2) is 4.98 Å². The average Bonchev–Trinajstić information content (AvgIpc) is 3.07. The van der Waals surface area contributed by atoms with Gasteiger partial charge in [-0.1, -0.05) is 37.1 Å². The van der Waals surface area contributed by atoms with Gasteiger partial charge in [0.15, 0.2) is 5.16 Å². The molecule has 1 N–H and O–H groups in total. The number of aromatic nitrogens is 2. The number of aryl methyl sites for hydroxylation is 1. The molecule has 7 heteroatoms. The van der Waals surface area contributed by atoms with Crippen molar-refractivity contribution in [2.45, 2.75) is 71.0 Å². The van der Waals surface area contributed by atoms with Gasteiger partial charge in [0.05, 0.1) is 11.4 Å². The van der Waals surface area contributed by atoms with Gasteiger partial charge in [-0.05, 0) is 58.7 Å². The van der Waals surface area contributed by atoms with Crippen LogP contribution < -0.4 is 5.32 Å². The summed E-state index contributed by atoms with van der Waals surface area (Å²) in [6.07, 6.45) is 6.19. The molecule has 2 amide bonds. The van der Waals surface area contributed by atoms with Gasteiger partial charge in [0.1, 0.15) is 0 Å². The van der Waals surface area contributed by atoms with Gasteiger partial charge in [-0.2, -0.15) is 0 Å². The monoisotopic (exact) mass is 442 g/mol. The van der Waals surface area contributed by atoms with E-state index in [-0.39, 0.29) is 17.6 Å².